The number of rotatable bonds is 12. The summed E-state index contributed by atoms with van der Waals surface area (Å²) in [6, 6.07) is 19.6. The van der Waals surface area contributed by atoms with Gasteiger partial charge in [-0.1, -0.05) is 99.6 Å². The lowest BCUT2D eigenvalue weighted by Gasteiger charge is -2.03. The lowest BCUT2D eigenvalue weighted by atomic mass is 10.2. The summed E-state index contributed by atoms with van der Waals surface area (Å²) in [7, 11) is 0. The van der Waals surface area contributed by atoms with E-state index in [1.165, 1.54) is 11.6 Å². The van der Waals surface area contributed by atoms with Crippen molar-refractivity contribution in [1.29, 1.82) is 0 Å². The normalized spacial score (nSPS) is 8.43. The number of carbonyl (C=O) groups is 4. The monoisotopic (exact) mass is 637 g/mol. The van der Waals surface area contributed by atoms with Gasteiger partial charge in [0.1, 0.15) is 19.8 Å². The van der Waals surface area contributed by atoms with Gasteiger partial charge < -0.3 is 24.4 Å². The van der Waals surface area contributed by atoms with E-state index < -0.39 is 17.9 Å². The third-order valence-electron chi connectivity index (χ3n) is 4.29. The highest BCUT2D eigenvalue weighted by atomic mass is 16.5. The molecule has 2 N–H and O–H groups in total. The molecule has 0 spiro atoms. The van der Waals surface area contributed by atoms with Crippen LogP contribution in [0.1, 0.15) is 31.9 Å². The van der Waals surface area contributed by atoms with E-state index in [0.717, 1.165) is 11.6 Å². The third-order valence-corrected chi connectivity index (χ3v) is 4.29. The fourth-order valence-corrected chi connectivity index (χ4v) is 2.05. The number of aliphatic imine (C=N–C) groups is 1. The number of carboxylic acids is 1. The first-order valence-electron chi connectivity index (χ1n) is 13.5. The highest BCUT2D eigenvalue weighted by Gasteiger charge is 2.02. The fourth-order valence-electron chi connectivity index (χ4n) is 2.05. The molecule has 2 rings (SSSR count). The number of aliphatic hydroxyl groups excluding tert-OH is 1. The Morgan fingerprint density at radius 2 is 1.17 bits per heavy atom. The maximum Gasteiger partial charge on any atom is 0.333 e. The second kappa shape index (κ2) is 30.8. The zero-order chi connectivity index (χ0) is 35.8. The number of aliphatic carboxylic acids is 1. The summed E-state index contributed by atoms with van der Waals surface area (Å²) in [6.45, 7) is 22.0. The van der Waals surface area contributed by atoms with E-state index in [4.69, 9.17) is 14.9 Å². The Labute approximate surface area is 270 Å². The number of benzene rings is 2. The van der Waals surface area contributed by atoms with Crippen LogP contribution < -0.4 is 0 Å². The average molecular weight is 638 g/mol. The van der Waals surface area contributed by atoms with Gasteiger partial charge in [-0.3, -0.25) is 0 Å². The molecule has 0 heterocycles. The van der Waals surface area contributed by atoms with Crippen molar-refractivity contribution in [3.05, 3.63) is 127 Å². The summed E-state index contributed by atoms with van der Waals surface area (Å²) in [5, 5.41) is 15.8. The number of carboxylic acid groups (broad SMARTS) is 1. The molecule has 2 aromatic rings. The summed E-state index contributed by atoms with van der Waals surface area (Å²) >= 11 is 0. The molecule has 0 bridgehead atoms. The van der Waals surface area contributed by atoms with E-state index >= 15 is 0 Å². The van der Waals surface area contributed by atoms with Crippen LogP contribution in [0.2, 0.25) is 0 Å². The first-order chi connectivity index (χ1) is 21.8. The van der Waals surface area contributed by atoms with Gasteiger partial charge in [-0.15, -0.1) is 0 Å². The topological polar surface area (TPSA) is 166 Å². The second-order valence-corrected chi connectivity index (χ2v) is 8.53. The number of aliphatic hydroxyl groups is 1. The Balaban J connectivity index is -0.000000518. The van der Waals surface area contributed by atoms with Crippen molar-refractivity contribution in [2.75, 3.05) is 26.4 Å². The van der Waals surface area contributed by atoms with Crippen molar-refractivity contribution < 1.29 is 48.4 Å². The van der Waals surface area contributed by atoms with Crippen LogP contribution in [0.15, 0.2) is 121 Å². The van der Waals surface area contributed by atoms with Crippen LogP contribution in [0.25, 0.3) is 6.08 Å². The molecule has 0 aliphatic carbocycles. The van der Waals surface area contributed by atoms with Crippen LogP contribution >= 0.6 is 0 Å². The number of esters is 3. The van der Waals surface area contributed by atoms with Crippen molar-refractivity contribution in [3.63, 3.8) is 0 Å². The molecule has 46 heavy (non-hydrogen) atoms. The molecule has 11 heteroatoms. The maximum atomic E-state index is 11.0. The van der Waals surface area contributed by atoms with Crippen LogP contribution in [-0.2, 0) is 44.8 Å². The van der Waals surface area contributed by atoms with Crippen LogP contribution in [0.4, 0.5) is 0 Å². The molecule has 0 aliphatic heterocycles. The molecular formula is C35H43NO10. The Hall–Kier alpha value is -5.64. The smallest absolute Gasteiger partial charge is 0.333 e. The summed E-state index contributed by atoms with van der Waals surface area (Å²) < 4.78 is 14.0. The molecule has 0 unspecified atom stereocenters. The van der Waals surface area contributed by atoms with Gasteiger partial charge in [-0.2, -0.15) is 0 Å². The van der Waals surface area contributed by atoms with E-state index in [1.54, 1.807) is 20.8 Å². The van der Waals surface area contributed by atoms with Gasteiger partial charge in [0.15, 0.2) is 0 Å². The largest absolute Gasteiger partial charge is 0.478 e. The number of hydrogen-bond donors (Lipinski definition) is 2. The number of isocyanates is 1. The van der Waals surface area contributed by atoms with Gasteiger partial charge in [-0.05, 0) is 31.9 Å². The van der Waals surface area contributed by atoms with Gasteiger partial charge in [0.2, 0.25) is 6.08 Å². The van der Waals surface area contributed by atoms with E-state index in [0.29, 0.717) is 23.3 Å². The minimum absolute atomic E-state index is 0.0473. The molecule has 0 aromatic heterocycles. The van der Waals surface area contributed by atoms with Gasteiger partial charge in [0.25, 0.3) is 0 Å². The van der Waals surface area contributed by atoms with Crippen molar-refractivity contribution in [2.45, 2.75) is 27.4 Å². The summed E-state index contributed by atoms with van der Waals surface area (Å²) in [4.78, 5) is 54.1. The quantitative estimate of drug-likeness (QED) is 0.0765. The summed E-state index contributed by atoms with van der Waals surface area (Å²) in [5.74, 6) is -2.25. The molecule has 0 fully saturated rings. The van der Waals surface area contributed by atoms with E-state index in [-0.39, 0.29) is 32.3 Å². The Kier molecular flexibility index (Phi) is 30.0. The molecule has 2 aromatic carbocycles. The maximum absolute atomic E-state index is 11.0. The van der Waals surface area contributed by atoms with Gasteiger partial charge in [0.05, 0.1) is 13.2 Å². The summed E-state index contributed by atoms with van der Waals surface area (Å²) in [6.07, 6.45) is 4.00. The highest BCUT2D eigenvalue weighted by molar-refractivity contribution is 5.87. The third kappa shape index (κ3) is 31.3. The second-order valence-electron chi connectivity index (χ2n) is 8.53. The number of ether oxygens (including phenoxy) is 3. The van der Waals surface area contributed by atoms with Crippen LogP contribution in [0.5, 0.6) is 0 Å². The van der Waals surface area contributed by atoms with Crippen molar-refractivity contribution in [1.82, 2.24) is 0 Å². The highest BCUT2D eigenvalue weighted by Crippen LogP contribution is 2.02. The Bertz CT molecular complexity index is 1300. The molecule has 11 nitrogen and oxygen atoms in total. The van der Waals surface area contributed by atoms with E-state index in [2.05, 4.69) is 47.4 Å². The predicted molar refractivity (Wildman–Crippen MR) is 177 cm³/mol. The lowest BCUT2D eigenvalue weighted by molar-refractivity contribution is -0.140. The van der Waals surface area contributed by atoms with Crippen molar-refractivity contribution in [3.8, 4) is 0 Å². The molecule has 0 amide bonds. The first kappa shape index (κ1) is 44.8. The molecule has 0 aliphatic rings. The van der Waals surface area contributed by atoms with Gasteiger partial charge in [-0.25, -0.2) is 29.0 Å². The standard InChI is InChI=1S/C11H12O2.C8H8.C7H9NO3.C6H10O3.C3H4O2/c1-9(2)11(12)13-8-10-6-4-3-5-7-10;1-2-8-6-4-3-5-7-8;1-6(2)7(10)11-4-3-8-5-9;1-5(2)6(8)9-4-3-7;1-2-3(4)5/h3-7H,1,8H2,2H3;2-7H,1H2;1,3-4H2,2H3;7H,1,3-4H2,2H3;2H,1H2,(H,4,5). The van der Waals surface area contributed by atoms with E-state index in [1.807, 2.05) is 66.7 Å². The first-order valence-corrected chi connectivity index (χ1v) is 13.5. The zero-order valence-electron chi connectivity index (χ0n) is 26.6. The lowest BCUT2D eigenvalue weighted by Crippen LogP contribution is -2.08. The fraction of sp³-hybridized carbons (Fsp3) is 0.229. The number of hydrogen-bond acceptors (Lipinski definition) is 10. The SMILES string of the molecule is C=C(C)C(=O)OCCN=C=O.C=C(C)C(=O)OCCO.C=C(C)C(=O)OCc1ccccc1.C=CC(=O)O.C=Cc1ccccc1. The molecule has 0 atom stereocenters. The van der Waals surface area contributed by atoms with Crippen molar-refractivity contribution >= 4 is 36.0 Å². The molecule has 0 radical (unpaired) electrons. The van der Waals surface area contributed by atoms with Crippen LogP contribution in [0, 0.1) is 0 Å². The predicted octanol–water partition coefficient (Wildman–Crippen LogP) is 5.43. The van der Waals surface area contributed by atoms with Crippen LogP contribution in [0.3, 0.4) is 0 Å². The molecule has 0 saturated carbocycles. The number of carbonyl (C=O) groups excluding carboxylic acids is 4. The Morgan fingerprint density at radius 1 is 0.761 bits per heavy atom. The molecular weight excluding hydrogens is 594 g/mol. The molecule has 248 valence electrons. The summed E-state index contributed by atoms with van der Waals surface area (Å²) in [5.41, 5.74) is 3.27. The van der Waals surface area contributed by atoms with E-state index in [9.17, 15) is 24.0 Å². The average Bonchev–Trinajstić information content (AvgIpc) is 3.06. The van der Waals surface area contributed by atoms with Crippen LogP contribution in [-0.4, -0.2) is 66.5 Å². The number of nitrogens with zero attached hydrogens (tertiary/aromatic N) is 1. The minimum atomic E-state index is -0.981. The van der Waals surface area contributed by atoms with Crippen molar-refractivity contribution in [2.24, 2.45) is 4.99 Å². The Morgan fingerprint density at radius 3 is 1.52 bits per heavy atom. The minimum Gasteiger partial charge on any atom is -0.478 e. The van der Waals surface area contributed by atoms with Gasteiger partial charge in [0, 0.05) is 22.8 Å². The molecule has 0 saturated heterocycles. The zero-order valence-corrected chi connectivity index (χ0v) is 26.6. The van der Waals surface area contributed by atoms with Gasteiger partial charge >= 0.3 is 23.9 Å².